The lowest BCUT2D eigenvalue weighted by Crippen LogP contribution is -2.49. The molecule has 1 fully saturated rings. The Morgan fingerprint density at radius 2 is 2.00 bits per heavy atom. The fourth-order valence-electron chi connectivity index (χ4n) is 4.31. The Kier molecular flexibility index (Phi) is 4.28. The van der Waals surface area contributed by atoms with E-state index in [1.54, 1.807) is 17.1 Å². The van der Waals surface area contributed by atoms with Crippen LogP contribution in [0.1, 0.15) is 34.5 Å². The fourth-order valence-corrected chi connectivity index (χ4v) is 4.31. The number of carbonyl (C=O) groups is 1. The molecule has 148 valence electrons. The van der Waals surface area contributed by atoms with Crippen LogP contribution in [-0.4, -0.2) is 50.3 Å². The van der Waals surface area contributed by atoms with E-state index in [1.165, 1.54) is 0 Å². The molecule has 1 saturated heterocycles. The van der Waals surface area contributed by atoms with Gasteiger partial charge in [0.25, 0.3) is 5.91 Å². The van der Waals surface area contributed by atoms with E-state index in [0.717, 1.165) is 23.4 Å². The molecule has 2 aromatic heterocycles. The first-order chi connectivity index (χ1) is 14.2. The van der Waals surface area contributed by atoms with E-state index in [-0.39, 0.29) is 11.9 Å². The van der Waals surface area contributed by atoms with Crippen LogP contribution in [0.3, 0.4) is 0 Å². The molecule has 0 bridgehead atoms. The van der Waals surface area contributed by atoms with Gasteiger partial charge in [-0.25, -0.2) is 14.6 Å². The molecule has 1 aromatic carbocycles. The van der Waals surface area contributed by atoms with Crippen LogP contribution in [0, 0.1) is 0 Å². The van der Waals surface area contributed by atoms with Gasteiger partial charge in [0.05, 0.1) is 23.6 Å². The number of para-hydroxylation sites is 1. The largest absolute Gasteiger partial charge is 0.368 e. The number of hydrogen-bond donors (Lipinski definition) is 1. The first-order valence-electron chi connectivity index (χ1n) is 9.80. The van der Waals surface area contributed by atoms with Crippen LogP contribution in [0.25, 0.3) is 5.69 Å². The lowest BCUT2D eigenvalue weighted by molar-refractivity contribution is -0.0966. The molecule has 2 aliphatic rings. The maximum atomic E-state index is 13.3. The van der Waals surface area contributed by atoms with Crippen molar-refractivity contribution in [1.82, 2.24) is 24.6 Å². The van der Waals surface area contributed by atoms with Gasteiger partial charge in [0, 0.05) is 31.7 Å². The minimum Gasteiger partial charge on any atom is -0.368 e. The van der Waals surface area contributed by atoms with Crippen molar-refractivity contribution in [3.8, 4) is 5.69 Å². The molecule has 3 aromatic rings. The molecule has 0 saturated carbocycles. The molecule has 2 N–H and O–H groups in total. The number of aromatic nitrogens is 4. The lowest BCUT2D eigenvalue weighted by atomic mass is 9.83. The topological polar surface area (TPSA) is 99.2 Å². The highest BCUT2D eigenvalue weighted by Crippen LogP contribution is 2.40. The zero-order chi connectivity index (χ0) is 19.8. The van der Waals surface area contributed by atoms with Gasteiger partial charge >= 0.3 is 0 Å². The number of rotatable bonds is 2. The number of ether oxygens (including phenoxy) is 1. The van der Waals surface area contributed by atoms with Crippen molar-refractivity contribution in [2.24, 2.45) is 0 Å². The highest BCUT2D eigenvalue weighted by Gasteiger charge is 2.43. The molecule has 29 heavy (non-hydrogen) atoms. The first-order valence-corrected chi connectivity index (χ1v) is 9.80. The van der Waals surface area contributed by atoms with Crippen LogP contribution in [0.4, 0.5) is 5.95 Å². The molecule has 8 nitrogen and oxygen atoms in total. The number of nitrogens with two attached hydrogens (primary N) is 1. The van der Waals surface area contributed by atoms with E-state index in [1.807, 2.05) is 41.4 Å². The molecule has 0 atom stereocenters. The average molecular weight is 390 g/mol. The molecular weight excluding hydrogens is 368 g/mol. The molecule has 2 aliphatic heterocycles. The Hall–Kier alpha value is -3.26. The third-order valence-corrected chi connectivity index (χ3v) is 5.81. The number of nitrogen functional groups attached to an aromatic ring is 1. The summed E-state index contributed by atoms with van der Waals surface area (Å²) in [6.07, 6.45) is 7.51. The summed E-state index contributed by atoms with van der Waals surface area (Å²) in [5.74, 6) is 0.268. The highest BCUT2D eigenvalue weighted by atomic mass is 16.5. The molecule has 0 unspecified atom stereocenters. The van der Waals surface area contributed by atoms with Gasteiger partial charge in [-0.1, -0.05) is 12.1 Å². The van der Waals surface area contributed by atoms with Gasteiger partial charge < -0.3 is 15.4 Å². The number of anilines is 1. The molecule has 0 aliphatic carbocycles. The minimum atomic E-state index is -0.483. The number of benzene rings is 1. The number of piperidine rings is 1. The number of hydrogen-bond acceptors (Lipinski definition) is 6. The van der Waals surface area contributed by atoms with Crippen molar-refractivity contribution in [2.45, 2.75) is 24.9 Å². The Morgan fingerprint density at radius 1 is 1.17 bits per heavy atom. The molecule has 8 heteroatoms. The highest BCUT2D eigenvalue weighted by molar-refractivity contribution is 5.97. The number of fused-ring (bicyclic) bond motifs is 2. The summed E-state index contributed by atoms with van der Waals surface area (Å²) < 4.78 is 7.93. The summed E-state index contributed by atoms with van der Waals surface area (Å²) >= 11 is 0. The van der Waals surface area contributed by atoms with Gasteiger partial charge in [0.1, 0.15) is 5.60 Å². The van der Waals surface area contributed by atoms with E-state index < -0.39 is 5.60 Å². The van der Waals surface area contributed by atoms with Crippen molar-refractivity contribution >= 4 is 11.9 Å². The zero-order valence-electron chi connectivity index (χ0n) is 16.0. The van der Waals surface area contributed by atoms with E-state index in [0.29, 0.717) is 38.1 Å². The maximum absolute atomic E-state index is 13.3. The van der Waals surface area contributed by atoms with Gasteiger partial charge in [0.2, 0.25) is 5.95 Å². The van der Waals surface area contributed by atoms with Crippen molar-refractivity contribution in [1.29, 1.82) is 0 Å². The van der Waals surface area contributed by atoms with Gasteiger partial charge in [-0.2, -0.15) is 5.10 Å². The summed E-state index contributed by atoms with van der Waals surface area (Å²) in [6.45, 7) is 1.82. The van der Waals surface area contributed by atoms with Gasteiger partial charge in [-0.15, -0.1) is 0 Å². The summed E-state index contributed by atoms with van der Waals surface area (Å²) in [5.41, 5.74) is 8.76. The SMILES string of the molecule is Nc1ncc2c(n1)C1(CCN(C(=O)c3ccccc3-n3cccn3)CC1)OCC2. The number of likely N-dealkylation sites (tertiary alicyclic amines) is 1. The zero-order valence-corrected chi connectivity index (χ0v) is 16.0. The van der Waals surface area contributed by atoms with Crippen LogP contribution in [0.15, 0.2) is 48.9 Å². The molecule has 1 spiro atoms. The lowest BCUT2D eigenvalue weighted by Gasteiger charge is -2.44. The predicted octanol–water partition coefficient (Wildman–Crippen LogP) is 1.95. The number of nitrogens with zero attached hydrogens (tertiary/aromatic N) is 5. The third-order valence-electron chi connectivity index (χ3n) is 5.81. The summed E-state index contributed by atoms with van der Waals surface area (Å²) in [6, 6.07) is 9.40. The van der Waals surface area contributed by atoms with E-state index in [9.17, 15) is 4.79 Å². The Morgan fingerprint density at radius 3 is 2.79 bits per heavy atom. The summed E-state index contributed by atoms with van der Waals surface area (Å²) in [7, 11) is 0. The quantitative estimate of drug-likeness (QED) is 0.718. The molecule has 0 radical (unpaired) electrons. The van der Waals surface area contributed by atoms with Crippen LogP contribution in [-0.2, 0) is 16.8 Å². The number of carbonyl (C=O) groups excluding carboxylic acids is 1. The molecule has 5 rings (SSSR count). The minimum absolute atomic E-state index is 0.00387. The van der Waals surface area contributed by atoms with E-state index >= 15 is 0 Å². The molecule has 4 heterocycles. The third kappa shape index (κ3) is 3.05. The number of amides is 1. The van der Waals surface area contributed by atoms with Crippen LogP contribution >= 0.6 is 0 Å². The Labute approximate surface area is 168 Å². The first kappa shape index (κ1) is 17.8. The molecular formula is C21H22N6O2. The van der Waals surface area contributed by atoms with Crippen LogP contribution in [0.5, 0.6) is 0 Å². The average Bonchev–Trinajstić information content (AvgIpc) is 3.29. The second-order valence-corrected chi connectivity index (χ2v) is 7.45. The smallest absolute Gasteiger partial charge is 0.256 e. The van der Waals surface area contributed by atoms with Crippen molar-refractivity contribution in [2.75, 3.05) is 25.4 Å². The maximum Gasteiger partial charge on any atom is 0.256 e. The Balaban J connectivity index is 1.39. The monoisotopic (exact) mass is 390 g/mol. The van der Waals surface area contributed by atoms with Gasteiger partial charge in [0.15, 0.2) is 0 Å². The normalized spacial score (nSPS) is 17.9. The summed E-state index contributed by atoms with van der Waals surface area (Å²) in [4.78, 5) is 23.8. The second kappa shape index (κ2) is 6.97. The van der Waals surface area contributed by atoms with Crippen molar-refractivity contribution in [3.63, 3.8) is 0 Å². The van der Waals surface area contributed by atoms with Crippen LogP contribution in [0.2, 0.25) is 0 Å². The molecule has 1 amide bonds. The standard InChI is InChI=1S/C21H22N6O2/c22-20-23-14-15-6-13-29-21(18(15)25-20)7-11-26(12-8-21)19(28)16-4-1-2-5-17(16)27-10-3-9-24-27/h1-5,9-10,14H,6-8,11-13H2,(H2,22,23,25). The van der Waals surface area contributed by atoms with Crippen molar-refractivity contribution < 1.29 is 9.53 Å². The predicted molar refractivity (Wildman–Crippen MR) is 106 cm³/mol. The fraction of sp³-hybridized carbons (Fsp3) is 0.333. The van der Waals surface area contributed by atoms with Crippen molar-refractivity contribution in [3.05, 3.63) is 65.7 Å². The van der Waals surface area contributed by atoms with E-state index in [4.69, 9.17) is 10.5 Å². The van der Waals surface area contributed by atoms with Gasteiger partial charge in [-0.3, -0.25) is 4.79 Å². The summed E-state index contributed by atoms with van der Waals surface area (Å²) in [5, 5.41) is 4.28. The van der Waals surface area contributed by atoms with Crippen LogP contribution < -0.4 is 5.73 Å². The van der Waals surface area contributed by atoms with E-state index in [2.05, 4.69) is 15.1 Å². The van der Waals surface area contributed by atoms with Gasteiger partial charge in [-0.05, 0) is 43.0 Å². The second-order valence-electron chi connectivity index (χ2n) is 7.45. The Bertz CT molecular complexity index is 1040.